The maximum Gasteiger partial charge on any atom is 0.271 e. The van der Waals surface area contributed by atoms with Crippen LogP contribution in [0.15, 0.2) is 12.4 Å². The first-order valence-corrected chi connectivity index (χ1v) is 9.97. The van der Waals surface area contributed by atoms with Crippen molar-refractivity contribution < 1.29 is 4.79 Å². The molecule has 0 radical (unpaired) electrons. The van der Waals surface area contributed by atoms with E-state index in [2.05, 4.69) is 45.9 Å². The molecule has 6 heteroatoms. The molecule has 0 spiro atoms. The van der Waals surface area contributed by atoms with Gasteiger partial charge in [0.15, 0.2) is 0 Å². The van der Waals surface area contributed by atoms with Crippen LogP contribution in [0.3, 0.4) is 0 Å². The lowest BCUT2D eigenvalue weighted by Crippen LogP contribution is -2.50. The van der Waals surface area contributed by atoms with Gasteiger partial charge in [-0.25, -0.2) is 9.97 Å². The zero-order valence-electron chi connectivity index (χ0n) is 16.7. The fourth-order valence-electron chi connectivity index (χ4n) is 4.33. The molecule has 2 heterocycles. The summed E-state index contributed by atoms with van der Waals surface area (Å²) in [6, 6.07) is 0.745. The van der Waals surface area contributed by atoms with E-state index in [0.29, 0.717) is 11.1 Å². The van der Waals surface area contributed by atoms with Crippen LogP contribution in [0.1, 0.15) is 56.9 Å². The van der Waals surface area contributed by atoms with Crippen molar-refractivity contribution in [2.75, 3.05) is 38.1 Å². The van der Waals surface area contributed by atoms with Crippen LogP contribution in [0.5, 0.6) is 0 Å². The third-order valence-corrected chi connectivity index (χ3v) is 6.67. The molecule has 1 aromatic rings. The molecule has 3 rings (SSSR count). The summed E-state index contributed by atoms with van der Waals surface area (Å²) in [6.45, 7) is 11.3. The summed E-state index contributed by atoms with van der Waals surface area (Å²) < 4.78 is 0. The standard InChI is InChI=1S/C20H33N5O/c1-5-20(2,3)15-6-7-16(12-15)24-8-10-25(11-9-24)18-14-22-17(13-23-18)19(26)21-4/h13-16H,5-12H2,1-4H3,(H,21,26). The first kappa shape index (κ1) is 19.1. The van der Waals surface area contributed by atoms with Crippen molar-refractivity contribution in [1.82, 2.24) is 20.2 Å². The van der Waals surface area contributed by atoms with E-state index in [1.54, 1.807) is 19.4 Å². The van der Waals surface area contributed by atoms with Gasteiger partial charge in [0, 0.05) is 39.3 Å². The Morgan fingerprint density at radius 2 is 1.92 bits per heavy atom. The topological polar surface area (TPSA) is 61.4 Å². The molecule has 26 heavy (non-hydrogen) atoms. The van der Waals surface area contributed by atoms with Gasteiger partial charge in [-0.2, -0.15) is 0 Å². The molecule has 1 amide bonds. The van der Waals surface area contributed by atoms with Crippen LogP contribution >= 0.6 is 0 Å². The van der Waals surface area contributed by atoms with E-state index in [0.717, 1.165) is 44.0 Å². The van der Waals surface area contributed by atoms with Gasteiger partial charge in [-0.15, -0.1) is 0 Å². The van der Waals surface area contributed by atoms with E-state index in [-0.39, 0.29) is 5.91 Å². The highest BCUT2D eigenvalue weighted by Crippen LogP contribution is 2.43. The van der Waals surface area contributed by atoms with Gasteiger partial charge in [0.1, 0.15) is 11.5 Å². The average molecular weight is 360 g/mol. The normalized spacial score (nSPS) is 24.7. The maximum absolute atomic E-state index is 11.6. The number of carbonyl (C=O) groups is 1. The van der Waals surface area contributed by atoms with E-state index in [1.807, 2.05) is 0 Å². The average Bonchev–Trinajstić information content (AvgIpc) is 3.19. The monoisotopic (exact) mass is 359 g/mol. The molecular weight excluding hydrogens is 326 g/mol. The fraction of sp³-hybridized carbons (Fsp3) is 0.750. The van der Waals surface area contributed by atoms with Crippen LogP contribution < -0.4 is 10.2 Å². The number of anilines is 1. The lowest BCUT2D eigenvalue weighted by molar-refractivity contribution is 0.0958. The molecule has 1 aliphatic carbocycles. The van der Waals surface area contributed by atoms with Gasteiger partial charge in [0.05, 0.1) is 12.4 Å². The minimum Gasteiger partial charge on any atom is -0.354 e. The number of aromatic nitrogens is 2. The third-order valence-electron chi connectivity index (χ3n) is 6.67. The number of nitrogens with one attached hydrogen (secondary N) is 1. The molecule has 1 saturated carbocycles. The van der Waals surface area contributed by atoms with Gasteiger partial charge in [0.25, 0.3) is 5.91 Å². The number of piperazine rings is 1. The molecule has 2 unspecified atom stereocenters. The number of hydrogen-bond donors (Lipinski definition) is 1. The third kappa shape index (κ3) is 4.00. The van der Waals surface area contributed by atoms with E-state index in [9.17, 15) is 4.79 Å². The summed E-state index contributed by atoms with van der Waals surface area (Å²) in [5.74, 6) is 1.53. The molecule has 144 valence electrons. The Kier molecular flexibility index (Phi) is 5.80. The highest BCUT2D eigenvalue weighted by atomic mass is 16.1. The minimum atomic E-state index is -0.195. The van der Waals surface area contributed by atoms with E-state index in [1.165, 1.54) is 25.7 Å². The Bertz CT molecular complexity index is 607. The summed E-state index contributed by atoms with van der Waals surface area (Å²) in [5, 5.41) is 2.57. The Morgan fingerprint density at radius 1 is 1.19 bits per heavy atom. The quantitative estimate of drug-likeness (QED) is 0.875. The van der Waals surface area contributed by atoms with Gasteiger partial charge in [0.2, 0.25) is 0 Å². The van der Waals surface area contributed by atoms with Gasteiger partial charge < -0.3 is 10.2 Å². The predicted molar refractivity (Wildman–Crippen MR) is 104 cm³/mol. The summed E-state index contributed by atoms with van der Waals surface area (Å²) in [4.78, 5) is 25.2. The Hall–Kier alpha value is -1.69. The Balaban J connectivity index is 1.52. The molecule has 6 nitrogen and oxygen atoms in total. The number of rotatable bonds is 5. The smallest absolute Gasteiger partial charge is 0.271 e. The van der Waals surface area contributed by atoms with Crippen LogP contribution in [-0.2, 0) is 0 Å². The molecule has 0 aromatic carbocycles. The summed E-state index contributed by atoms with van der Waals surface area (Å²) in [6.07, 6.45) is 8.61. The van der Waals surface area contributed by atoms with Gasteiger partial charge >= 0.3 is 0 Å². The number of nitrogens with zero attached hydrogens (tertiary/aromatic N) is 4. The van der Waals surface area contributed by atoms with Crippen molar-refractivity contribution in [2.45, 2.75) is 52.5 Å². The molecule has 1 saturated heterocycles. The number of carbonyl (C=O) groups excluding carboxylic acids is 1. The van der Waals surface area contributed by atoms with Gasteiger partial charge in [-0.05, 0) is 30.6 Å². The second-order valence-corrected chi connectivity index (χ2v) is 8.37. The molecule has 2 atom stereocenters. The van der Waals surface area contributed by atoms with Crippen LogP contribution in [0.4, 0.5) is 5.82 Å². The first-order chi connectivity index (χ1) is 12.4. The molecule has 2 aliphatic rings. The second kappa shape index (κ2) is 7.91. The minimum absolute atomic E-state index is 0.195. The lowest BCUT2D eigenvalue weighted by Gasteiger charge is -2.39. The zero-order chi connectivity index (χ0) is 18.7. The van der Waals surface area contributed by atoms with Crippen LogP contribution in [0.25, 0.3) is 0 Å². The van der Waals surface area contributed by atoms with Gasteiger partial charge in [-0.3, -0.25) is 9.69 Å². The number of amides is 1. The van der Waals surface area contributed by atoms with Crippen LogP contribution in [0.2, 0.25) is 0 Å². The Morgan fingerprint density at radius 3 is 2.50 bits per heavy atom. The van der Waals surface area contributed by atoms with Crippen molar-refractivity contribution in [2.24, 2.45) is 11.3 Å². The molecule has 2 fully saturated rings. The first-order valence-electron chi connectivity index (χ1n) is 9.97. The van der Waals surface area contributed by atoms with Crippen LogP contribution in [0, 0.1) is 11.3 Å². The molecular formula is C20H33N5O. The molecule has 1 aliphatic heterocycles. The highest BCUT2D eigenvalue weighted by molar-refractivity contribution is 5.91. The SMILES string of the molecule is CCC(C)(C)C1CCC(N2CCN(c3cnc(C(=O)NC)cn3)CC2)C1. The van der Waals surface area contributed by atoms with Gasteiger partial charge in [-0.1, -0.05) is 27.2 Å². The van der Waals surface area contributed by atoms with Crippen molar-refractivity contribution in [3.8, 4) is 0 Å². The van der Waals surface area contributed by atoms with E-state index in [4.69, 9.17) is 0 Å². The summed E-state index contributed by atoms with van der Waals surface area (Å²) in [7, 11) is 1.60. The van der Waals surface area contributed by atoms with Crippen LogP contribution in [-0.4, -0.2) is 60.0 Å². The van der Waals surface area contributed by atoms with Crippen molar-refractivity contribution in [3.63, 3.8) is 0 Å². The summed E-state index contributed by atoms with van der Waals surface area (Å²) in [5.41, 5.74) is 0.837. The van der Waals surface area contributed by atoms with Crippen molar-refractivity contribution in [1.29, 1.82) is 0 Å². The largest absolute Gasteiger partial charge is 0.354 e. The number of hydrogen-bond acceptors (Lipinski definition) is 5. The molecule has 0 bridgehead atoms. The zero-order valence-corrected chi connectivity index (χ0v) is 16.7. The highest BCUT2D eigenvalue weighted by Gasteiger charge is 2.37. The van der Waals surface area contributed by atoms with Crippen molar-refractivity contribution >= 4 is 11.7 Å². The maximum atomic E-state index is 11.6. The van der Waals surface area contributed by atoms with Crippen molar-refractivity contribution in [3.05, 3.63) is 18.1 Å². The predicted octanol–water partition coefficient (Wildman–Crippen LogP) is 2.56. The fourth-order valence-corrected chi connectivity index (χ4v) is 4.33. The van der Waals surface area contributed by atoms with E-state index >= 15 is 0 Å². The lowest BCUT2D eigenvalue weighted by atomic mass is 9.76. The molecule has 1 N–H and O–H groups in total. The molecule has 1 aromatic heterocycles. The summed E-state index contributed by atoms with van der Waals surface area (Å²) >= 11 is 0. The van der Waals surface area contributed by atoms with E-state index < -0.39 is 0 Å². The second-order valence-electron chi connectivity index (χ2n) is 8.37. The Labute approximate surface area is 157 Å².